The number of hydrogen-bond acceptors (Lipinski definition) is 2. The molecule has 0 saturated carbocycles. The lowest BCUT2D eigenvalue weighted by atomic mass is 10.4. The predicted octanol–water partition coefficient (Wildman–Crippen LogP) is 0.544. The first-order valence-corrected chi connectivity index (χ1v) is 5.10. The number of halogens is 1. The van der Waals surface area contributed by atoms with Gasteiger partial charge in [-0.25, -0.2) is 0 Å². The smallest absolute Gasteiger partial charge is 0.236 e. The van der Waals surface area contributed by atoms with E-state index in [0.717, 1.165) is 26.1 Å². The highest BCUT2D eigenvalue weighted by Gasteiger charge is 2.28. The van der Waals surface area contributed by atoms with Gasteiger partial charge < -0.3 is 9.80 Å². The fourth-order valence-electron chi connectivity index (χ4n) is 1.24. The average Bonchev–Trinajstić information content (AvgIpc) is 2.30. The molecule has 0 aromatic carbocycles. The van der Waals surface area contributed by atoms with E-state index in [4.69, 9.17) is 0 Å². The van der Waals surface area contributed by atoms with Gasteiger partial charge in [0, 0.05) is 19.6 Å². The Balaban J connectivity index is 2.30. The molecule has 0 aliphatic carbocycles. The van der Waals surface area contributed by atoms with Gasteiger partial charge in [0.1, 0.15) is 0 Å². The molecule has 1 fully saturated rings. The van der Waals surface area contributed by atoms with Crippen molar-refractivity contribution in [3.8, 4) is 0 Å². The van der Waals surface area contributed by atoms with Crippen molar-refractivity contribution < 1.29 is 4.79 Å². The summed E-state index contributed by atoms with van der Waals surface area (Å²) in [7, 11) is 4.04. The van der Waals surface area contributed by atoms with Crippen molar-refractivity contribution in [2.24, 2.45) is 0 Å². The Labute approximate surface area is 81.8 Å². The molecule has 12 heavy (non-hydrogen) atoms. The number of amides is 1. The van der Waals surface area contributed by atoms with Gasteiger partial charge in [-0.15, -0.1) is 0 Å². The van der Waals surface area contributed by atoms with Crippen molar-refractivity contribution in [2.75, 3.05) is 33.7 Å². The van der Waals surface area contributed by atoms with Crippen molar-refractivity contribution in [1.29, 1.82) is 0 Å². The molecular weight excluding hydrogens is 220 g/mol. The van der Waals surface area contributed by atoms with Crippen LogP contribution in [0.15, 0.2) is 0 Å². The topological polar surface area (TPSA) is 23.6 Å². The van der Waals surface area contributed by atoms with E-state index >= 15 is 0 Å². The van der Waals surface area contributed by atoms with E-state index < -0.39 is 0 Å². The number of likely N-dealkylation sites (N-methyl/N-ethyl adjacent to an activating group) is 1. The summed E-state index contributed by atoms with van der Waals surface area (Å²) in [5.74, 6) is 0.247. The van der Waals surface area contributed by atoms with Crippen LogP contribution >= 0.6 is 15.9 Å². The molecule has 1 unspecified atom stereocenters. The van der Waals surface area contributed by atoms with Crippen LogP contribution in [0.5, 0.6) is 0 Å². The second kappa shape index (κ2) is 4.23. The molecule has 3 nitrogen and oxygen atoms in total. The van der Waals surface area contributed by atoms with Gasteiger partial charge in [-0.3, -0.25) is 4.79 Å². The zero-order chi connectivity index (χ0) is 9.14. The van der Waals surface area contributed by atoms with Gasteiger partial charge in [-0.05, 0) is 20.5 Å². The van der Waals surface area contributed by atoms with Crippen LogP contribution in [0.4, 0.5) is 0 Å². The Bertz CT molecular complexity index is 172. The van der Waals surface area contributed by atoms with Crippen LogP contribution in [-0.4, -0.2) is 54.3 Å². The van der Waals surface area contributed by atoms with E-state index in [1.807, 2.05) is 19.0 Å². The summed E-state index contributed by atoms with van der Waals surface area (Å²) in [6, 6.07) is 0. The Morgan fingerprint density at radius 2 is 2.33 bits per heavy atom. The number of carbonyl (C=O) groups excluding carboxylic acids is 1. The second-order valence-corrected chi connectivity index (χ2v) is 4.49. The number of likely N-dealkylation sites (tertiary alicyclic amines) is 1. The molecule has 1 heterocycles. The lowest BCUT2D eigenvalue weighted by molar-refractivity contribution is -0.127. The molecule has 1 rings (SSSR count). The van der Waals surface area contributed by atoms with Crippen molar-refractivity contribution in [1.82, 2.24) is 9.80 Å². The van der Waals surface area contributed by atoms with E-state index in [9.17, 15) is 4.79 Å². The van der Waals surface area contributed by atoms with E-state index in [1.54, 1.807) is 0 Å². The average molecular weight is 235 g/mol. The normalized spacial score (nSPS) is 24.2. The first-order chi connectivity index (χ1) is 5.61. The fourth-order valence-corrected chi connectivity index (χ4v) is 1.74. The predicted molar refractivity (Wildman–Crippen MR) is 52.5 cm³/mol. The van der Waals surface area contributed by atoms with Crippen LogP contribution in [0, 0.1) is 0 Å². The van der Waals surface area contributed by atoms with E-state index in [-0.39, 0.29) is 10.7 Å². The third kappa shape index (κ3) is 2.45. The lowest BCUT2D eigenvalue weighted by Crippen LogP contribution is -2.34. The minimum Gasteiger partial charge on any atom is -0.340 e. The molecule has 1 saturated heterocycles. The summed E-state index contributed by atoms with van der Waals surface area (Å²) in [6.07, 6.45) is 0.951. The summed E-state index contributed by atoms with van der Waals surface area (Å²) >= 11 is 3.35. The first kappa shape index (κ1) is 9.99. The number of rotatable bonds is 3. The van der Waals surface area contributed by atoms with Gasteiger partial charge in [0.2, 0.25) is 5.91 Å². The third-order valence-electron chi connectivity index (χ3n) is 2.05. The van der Waals surface area contributed by atoms with Gasteiger partial charge in [-0.2, -0.15) is 0 Å². The van der Waals surface area contributed by atoms with E-state index in [0.29, 0.717) is 0 Å². The summed E-state index contributed by atoms with van der Waals surface area (Å²) in [4.78, 5) is 15.5. The van der Waals surface area contributed by atoms with Gasteiger partial charge in [0.15, 0.2) is 0 Å². The molecule has 0 aromatic rings. The maximum absolute atomic E-state index is 11.4. The lowest BCUT2D eigenvalue weighted by Gasteiger charge is -2.18. The SMILES string of the molecule is CN(C)CCN1CCC(Br)C1=O. The molecule has 0 spiro atoms. The first-order valence-electron chi connectivity index (χ1n) is 4.19. The molecule has 0 N–H and O–H groups in total. The zero-order valence-electron chi connectivity index (χ0n) is 7.59. The summed E-state index contributed by atoms with van der Waals surface area (Å²) in [5, 5.41) is 0. The van der Waals surface area contributed by atoms with Crippen LogP contribution in [0.25, 0.3) is 0 Å². The molecular formula is C8H15BrN2O. The molecule has 1 atom stereocenters. The van der Waals surface area contributed by atoms with Crippen molar-refractivity contribution in [3.05, 3.63) is 0 Å². The van der Waals surface area contributed by atoms with E-state index in [1.165, 1.54) is 0 Å². The van der Waals surface area contributed by atoms with Crippen LogP contribution in [0.3, 0.4) is 0 Å². The van der Waals surface area contributed by atoms with Crippen LogP contribution in [-0.2, 0) is 4.79 Å². The van der Waals surface area contributed by atoms with Gasteiger partial charge in [0.05, 0.1) is 4.83 Å². The monoisotopic (exact) mass is 234 g/mol. The Kier molecular flexibility index (Phi) is 3.53. The number of nitrogens with zero attached hydrogens (tertiary/aromatic N) is 2. The molecule has 1 aliphatic heterocycles. The summed E-state index contributed by atoms with van der Waals surface area (Å²) in [5.41, 5.74) is 0. The molecule has 4 heteroatoms. The molecule has 0 aromatic heterocycles. The number of alkyl halides is 1. The van der Waals surface area contributed by atoms with Crippen LogP contribution in [0.2, 0.25) is 0 Å². The maximum atomic E-state index is 11.4. The molecule has 0 radical (unpaired) electrons. The minimum atomic E-state index is 0.0691. The Morgan fingerprint density at radius 3 is 2.75 bits per heavy atom. The quantitative estimate of drug-likeness (QED) is 0.667. The highest BCUT2D eigenvalue weighted by molar-refractivity contribution is 9.10. The van der Waals surface area contributed by atoms with Crippen molar-refractivity contribution in [3.63, 3.8) is 0 Å². The van der Waals surface area contributed by atoms with Crippen LogP contribution in [0.1, 0.15) is 6.42 Å². The van der Waals surface area contributed by atoms with Gasteiger partial charge in [0.25, 0.3) is 0 Å². The Morgan fingerprint density at radius 1 is 1.67 bits per heavy atom. The maximum Gasteiger partial charge on any atom is 0.236 e. The number of hydrogen-bond donors (Lipinski definition) is 0. The molecule has 1 amide bonds. The fraction of sp³-hybridized carbons (Fsp3) is 0.875. The minimum absolute atomic E-state index is 0.0691. The highest BCUT2D eigenvalue weighted by Crippen LogP contribution is 2.17. The second-order valence-electron chi connectivity index (χ2n) is 3.38. The zero-order valence-corrected chi connectivity index (χ0v) is 9.17. The molecule has 0 bridgehead atoms. The van der Waals surface area contributed by atoms with Gasteiger partial charge >= 0.3 is 0 Å². The van der Waals surface area contributed by atoms with E-state index in [2.05, 4.69) is 20.8 Å². The largest absolute Gasteiger partial charge is 0.340 e. The number of carbonyl (C=O) groups is 1. The summed E-state index contributed by atoms with van der Waals surface area (Å²) < 4.78 is 0. The van der Waals surface area contributed by atoms with Crippen LogP contribution < -0.4 is 0 Å². The molecule has 1 aliphatic rings. The molecule has 70 valence electrons. The Hall–Kier alpha value is -0.0900. The highest BCUT2D eigenvalue weighted by atomic mass is 79.9. The third-order valence-corrected chi connectivity index (χ3v) is 2.90. The van der Waals surface area contributed by atoms with Gasteiger partial charge in [-0.1, -0.05) is 15.9 Å². The van der Waals surface area contributed by atoms with Crippen molar-refractivity contribution >= 4 is 21.8 Å². The van der Waals surface area contributed by atoms with Crippen molar-refractivity contribution in [2.45, 2.75) is 11.2 Å². The standard InChI is InChI=1S/C8H15BrN2O/c1-10(2)5-6-11-4-3-7(9)8(11)12/h7H,3-6H2,1-2H3. The summed E-state index contributed by atoms with van der Waals surface area (Å²) in [6.45, 7) is 2.71.